The van der Waals surface area contributed by atoms with E-state index in [1.165, 1.54) is 43.6 Å². The molecule has 11 rings (SSSR count). The van der Waals surface area contributed by atoms with Crippen LogP contribution in [0.1, 0.15) is 0 Å². The van der Waals surface area contributed by atoms with Crippen LogP contribution in [0.15, 0.2) is 200 Å². The molecule has 0 aliphatic heterocycles. The molecule has 0 spiro atoms. The van der Waals surface area contributed by atoms with E-state index in [1.54, 1.807) is 0 Å². The Labute approximate surface area is 318 Å². The van der Waals surface area contributed by atoms with Crippen LogP contribution in [0.3, 0.4) is 0 Å². The molecule has 0 N–H and O–H groups in total. The third-order valence-electron chi connectivity index (χ3n) is 11.0. The van der Waals surface area contributed by atoms with E-state index in [1.807, 2.05) is 12.1 Å². The lowest BCUT2D eigenvalue weighted by Crippen LogP contribution is -1.97. The molecule has 0 amide bonds. The van der Waals surface area contributed by atoms with Gasteiger partial charge in [-0.05, 0) is 97.7 Å². The van der Waals surface area contributed by atoms with Crippen LogP contribution in [0.5, 0.6) is 0 Å². The van der Waals surface area contributed by atoms with E-state index in [0.29, 0.717) is 0 Å². The minimum Gasteiger partial charge on any atom is -0.292 e. The average molecular weight is 700 g/mol. The third-order valence-corrected chi connectivity index (χ3v) is 11.0. The Morgan fingerprint density at radius 3 is 1.60 bits per heavy atom. The smallest absolute Gasteiger partial charge is 0.145 e. The quantitative estimate of drug-likeness (QED) is 0.167. The fourth-order valence-electron chi connectivity index (χ4n) is 8.24. The number of nitrogens with zero attached hydrogens (tertiary/aromatic N) is 3. The van der Waals surface area contributed by atoms with Gasteiger partial charge >= 0.3 is 0 Å². The number of rotatable bonds is 5. The lowest BCUT2D eigenvalue weighted by atomic mass is 9.90. The first kappa shape index (κ1) is 31.2. The largest absolute Gasteiger partial charge is 0.292 e. The van der Waals surface area contributed by atoms with Crippen molar-refractivity contribution in [3.63, 3.8) is 0 Å². The molecule has 11 aromatic rings. The molecule has 0 unspecified atom stereocenters. The SMILES string of the molecule is c1ccc(-n2c(-c3ccc(-c4cc(-c5ccc6ccccc6c5)c5cc(-c6ccc7ccccc7c6)c6ccccc6c5n4)cc3)nc3ccccc32)cc1. The number of benzene rings is 9. The van der Waals surface area contributed by atoms with Gasteiger partial charge in [0.25, 0.3) is 0 Å². The van der Waals surface area contributed by atoms with Gasteiger partial charge in [-0.15, -0.1) is 0 Å². The minimum absolute atomic E-state index is 0.912. The fraction of sp³-hybridized carbons (Fsp3) is 0. The predicted molar refractivity (Wildman–Crippen MR) is 231 cm³/mol. The molecule has 0 aliphatic carbocycles. The van der Waals surface area contributed by atoms with E-state index in [9.17, 15) is 0 Å². The van der Waals surface area contributed by atoms with Crippen molar-refractivity contribution in [1.29, 1.82) is 0 Å². The van der Waals surface area contributed by atoms with E-state index >= 15 is 0 Å². The van der Waals surface area contributed by atoms with Crippen molar-refractivity contribution in [2.75, 3.05) is 0 Å². The topological polar surface area (TPSA) is 30.7 Å². The van der Waals surface area contributed by atoms with Crippen molar-refractivity contribution in [2.24, 2.45) is 0 Å². The molecule has 0 atom stereocenters. The maximum absolute atomic E-state index is 5.49. The minimum atomic E-state index is 0.912. The summed E-state index contributed by atoms with van der Waals surface area (Å²) in [6, 6.07) is 71.6. The molecule has 0 bridgehead atoms. The lowest BCUT2D eigenvalue weighted by molar-refractivity contribution is 1.10. The van der Waals surface area contributed by atoms with Gasteiger partial charge in [0.2, 0.25) is 0 Å². The van der Waals surface area contributed by atoms with Crippen LogP contribution in [0.25, 0.3) is 105 Å². The van der Waals surface area contributed by atoms with Gasteiger partial charge in [-0.25, -0.2) is 9.97 Å². The van der Waals surface area contributed by atoms with Crippen LogP contribution < -0.4 is 0 Å². The zero-order chi connectivity index (χ0) is 36.3. The molecule has 3 heteroatoms. The van der Waals surface area contributed by atoms with Crippen LogP contribution in [-0.2, 0) is 0 Å². The van der Waals surface area contributed by atoms with Crippen molar-refractivity contribution in [2.45, 2.75) is 0 Å². The highest BCUT2D eigenvalue weighted by atomic mass is 15.1. The van der Waals surface area contributed by atoms with Crippen molar-refractivity contribution < 1.29 is 0 Å². The van der Waals surface area contributed by atoms with Gasteiger partial charge < -0.3 is 0 Å². The Balaban J connectivity index is 1.12. The number of para-hydroxylation sites is 3. The predicted octanol–water partition coefficient (Wildman–Crippen LogP) is 13.7. The summed E-state index contributed by atoms with van der Waals surface area (Å²) >= 11 is 0. The van der Waals surface area contributed by atoms with Gasteiger partial charge in [0, 0.05) is 27.6 Å². The number of pyridine rings is 1. The summed E-state index contributed by atoms with van der Waals surface area (Å²) in [6.45, 7) is 0. The Kier molecular flexibility index (Phi) is 7.17. The highest BCUT2D eigenvalue weighted by molar-refractivity contribution is 6.16. The molecular weight excluding hydrogens is 667 g/mol. The zero-order valence-electron chi connectivity index (χ0n) is 29.9. The van der Waals surface area contributed by atoms with Crippen molar-refractivity contribution >= 4 is 54.3 Å². The van der Waals surface area contributed by atoms with Crippen LogP contribution in [0.2, 0.25) is 0 Å². The maximum atomic E-state index is 5.49. The first-order chi connectivity index (χ1) is 27.2. The van der Waals surface area contributed by atoms with Gasteiger partial charge in [0.05, 0.1) is 22.2 Å². The number of aromatic nitrogens is 3. The lowest BCUT2D eigenvalue weighted by Gasteiger charge is -2.16. The van der Waals surface area contributed by atoms with E-state index in [2.05, 4.69) is 193 Å². The summed E-state index contributed by atoms with van der Waals surface area (Å²) < 4.78 is 2.25. The molecule has 0 radical (unpaired) electrons. The molecule has 2 heterocycles. The van der Waals surface area contributed by atoms with Crippen molar-refractivity contribution in [1.82, 2.24) is 14.5 Å². The normalized spacial score (nSPS) is 11.6. The Morgan fingerprint density at radius 2 is 0.891 bits per heavy atom. The molecule has 0 saturated carbocycles. The standard InChI is InChI=1S/C52H33N3/c1-2-16-42(17-3-1)55-50-21-11-10-20-48(50)54-52(55)37-26-24-36(25-27-37)49-33-46(41-29-23-35-13-5-7-15-39(35)31-41)47-32-45(43-18-8-9-19-44(43)51(47)53-49)40-28-22-34-12-4-6-14-38(34)30-40/h1-33H. The molecule has 55 heavy (non-hydrogen) atoms. The van der Waals surface area contributed by atoms with E-state index in [0.717, 1.165) is 61.2 Å². The number of fused-ring (bicyclic) bond motifs is 6. The second-order valence-corrected chi connectivity index (χ2v) is 14.2. The number of imidazole rings is 1. The van der Waals surface area contributed by atoms with Gasteiger partial charge in [-0.1, -0.05) is 152 Å². The maximum Gasteiger partial charge on any atom is 0.145 e. The first-order valence-corrected chi connectivity index (χ1v) is 18.7. The second-order valence-electron chi connectivity index (χ2n) is 14.2. The monoisotopic (exact) mass is 699 g/mol. The molecule has 9 aromatic carbocycles. The molecule has 0 fully saturated rings. The van der Waals surface area contributed by atoms with Gasteiger partial charge in [0.1, 0.15) is 5.82 Å². The summed E-state index contributed by atoms with van der Waals surface area (Å²) in [7, 11) is 0. The van der Waals surface area contributed by atoms with Crippen molar-refractivity contribution in [3.05, 3.63) is 200 Å². The Bertz CT molecular complexity index is 3250. The van der Waals surface area contributed by atoms with Gasteiger partial charge in [0.15, 0.2) is 0 Å². The van der Waals surface area contributed by atoms with E-state index < -0.39 is 0 Å². The average Bonchev–Trinajstić information content (AvgIpc) is 3.65. The Hall–Kier alpha value is -7.36. The first-order valence-electron chi connectivity index (χ1n) is 18.7. The third kappa shape index (κ3) is 5.28. The van der Waals surface area contributed by atoms with Gasteiger partial charge in [-0.3, -0.25) is 4.57 Å². The number of hydrogen-bond acceptors (Lipinski definition) is 2. The molecule has 0 saturated heterocycles. The fourth-order valence-corrected chi connectivity index (χ4v) is 8.24. The summed E-state index contributed by atoms with van der Waals surface area (Å²) in [5, 5.41) is 8.37. The molecular formula is C52H33N3. The summed E-state index contributed by atoms with van der Waals surface area (Å²) in [5.74, 6) is 0.912. The van der Waals surface area contributed by atoms with Gasteiger partial charge in [-0.2, -0.15) is 0 Å². The summed E-state index contributed by atoms with van der Waals surface area (Å²) in [6.07, 6.45) is 0. The van der Waals surface area contributed by atoms with Crippen LogP contribution in [0, 0.1) is 0 Å². The highest BCUT2D eigenvalue weighted by Gasteiger charge is 2.18. The number of hydrogen-bond donors (Lipinski definition) is 0. The molecule has 2 aromatic heterocycles. The zero-order valence-corrected chi connectivity index (χ0v) is 29.9. The molecule has 3 nitrogen and oxygen atoms in total. The second kappa shape index (κ2) is 12.6. The summed E-state index contributed by atoms with van der Waals surface area (Å²) in [5.41, 5.74) is 11.9. The summed E-state index contributed by atoms with van der Waals surface area (Å²) in [4.78, 5) is 10.6. The van der Waals surface area contributed by atoms with E-state index in [-0.39, 0.29) is 0 Å². The highest BCUT2D eigenvalue weighted by Crippen LogP contribution is 2.41. The van der Waals surface area contributed by atoms with Crippen LogP contribution in [-0.4, -0.2) is 14.5 Å². The Morgan fingerprint density at radius 1 is 0.345 bits per heavy atom. The van der Waals surface area contributed by atoms with Crippen LogP contribution >= 0.6 is 0 Å². The molecule has 0 aliphatic rings. The molecule has 256 valence electrons. The van der Waals surface area contributed by atoms with Crippen molar-refractivity contribution in [3.8, 4) is 50.6 Å². The van der Waals surface area contributed by atoms with Crippen LogP contribution in [0.4, 0.5) is 0 Å². The van der Waals surface area contributed by atoms with E-state index in [4.69, 9.17) is 9.97 Å².